The second-order valence-corrected chi connectivity index (χ2v) is 23.3. The van der Waals surface area contributed by atoms with E-state index in [-0.39, 0.29) is 19.3 Å². The summed E-state index contributed by atoms with van der Waals surface area (Å²) >= 11 is 3.40. The predicted molar refractivity (Wildman–Crippen MR) is 337 cm³/mol. The lowest BCUT2D eigenvalue weighted by atomic mass is 10.1. The van der Waals surface area contributed by atoms with Gasteiger partial charge in [-0.05, 0) is 160 Å². The Balaban J connectivity index is 0.000000155. The highest BCUT2D eigenvalue weighted by molar-refractivity contribution is 9.10. The van der Waals surface area contributed by atoms with Gasteiger partial charge in [0.25, 0.3) is 0 Å². The summed E-state index contributed by atoms with van der Waals surface area (Å²) in [5, 5.41) is 47.4. The molecule has 11 rings (SSSR count). The van der Waals surface area contributed by atoms with Crippen LogP contribution < -0.4 is 40.1 Å². The molecule has 86 heavy (non-hydrogen) atoms. The number of aryl methyl sites for hydroxylation is 2. The van der Waals surface area contributed by atoms with E-state index in [0.717, 1.165) is 94.8 Å². The fraction of sp³-hybridized carbons (Fsp3) is 0.413. The molecule has 8 aromatic rings. The van der Waals surface area contributed by atoms with E-state index in [4.69, 9.17) is 18.9 Å². The number of aromatic nitrogens is 11. The summed E-state index contributed by atoms with van der Waals surface area (Å²) < 4.78 is 22.3. The van der Waals surface area contributed by atoms with E-state index in [0.29, 0.717) is 94.8 Å². The molecule has 6 atom stereocenters. The quantitative estimate of drug-likeness (QED) is 0.0666. The Kier molecular flexibility index (Phi) is 21.8. The van der Waals surface area contributed by atoms with Crippen LogP contribution in [0.2, 0.25) is 0 Å². The average Bonchev–Trinajstić information content (AvgIpc) is 3.70. The van der Waals surface area contributed by atoms with Crippen molar-refractivity contribution >= 4 is 33.4 Å². The van der Waals surface area contributed by atoms with Crippen LogP contribution in [-0.4, -0.2) is 164 Å². The van der Waals surface area contributed by atoms with E-state index < -0.39 is 0 Å². The molecule has 0 bridgehead atoms. The molecule has 3 saturated heterocycles. The van der Waals surface area contributed by atoms with Crippen molar-refractivity contribution in [2.45, 2.75) is 104 Å². The molecule has 452 valence electrons. The minimum atomic E-state index is 0.106. The Morgan fingerprint density at radius 3 is 1.16 bits per heavy atom. The Hall–Kier alpha value is -7.93. The van der Waals surface area contributed by atoms with Gasteiger partial charge in [0.05, 0.1) is 0 Å². The fourth-order valence-electron chi connectivity index (χ4n) is 10.7. The first-order valence-corrected chi connectivity index (χ1v) is 29.8. The lowest BCUT2D eigenvalue weighted by Crippen LogP contribution is -2.54. The van der Waals surface area contributed by atoms with Crippen molar-refractivity contribution in [1.82, 2.24) is 71.5 Å². The molecule has 0 amide bonds. The van der Waals surface area contributed by atoms with Crippen molar-refractivity contribution in [3.8, 4) is 51.4 Å². The minimum Gasteiger partial charge on any atom is -0.506 e. The maximum atomic E-state index is 10.5. The molecule has 3 fully saturated rings. The van der Waals surface area contributed by atoms with Crippen LogP contribution >= 0.6 is 15.9 Å². The lowest BCUT2D eigenvalue weighted by Gasteiger charge is -2.36. The highest BCUT2D eigenvalue weighted by atomic mass is 79.9. The number of halogens is 1. The first-order chi connectivity index (χ1) is 41.5. The summed E-state index contributed by atoms with van der Waals surface area (Å²) in [5.41, 5.74) is 9.75. The molecule has 23 heteroatoms. The van der Waals surface area contributed by atoms with Crippen LogP contribution in [-0.2, 0) is 22.3 Å². The average molecular weight is 1230 g/mol. The third-order valence-electron chi connectivity index (χ3n) is 14.4. The maximum Gasteiger partial charge on any atom is 0.188 e. The summed E-state index contributed by atoms with van der Waals surface area (Å²) in [5.74, 6) is 3.92. The van der Waals surface area contributed by atoms with Crippen molar-refractivity contribution in [1.29, 1.82) is 0 Å². The monoisotopic (exact) mass is 1230 g/mol. The summed E-state index contributed by atoms with van der Waals surface area (Å²) in [7, 11) is 3.17. The molecule has 0 aromatic carbocycles. The smallest absolute Gasteiger partial charge is 0.188 e. The molecular formula is C63H78BrN17O5. The SMILES string of the molecule is COCOc1cc(Br)cnc1-c1ccc(N2C[C@@H](C)N[C@@H](C)C2)nn1.COCOc1cc(Cc2ccc(C)nc2)cnc1-c1ccc(N2C[C@@H](C)N[C@@H](C)C2)nn1.Cc1ccc(Cc2cnc(-c3ccc(N4C[C@@H](C)N[C@@H](C)C4)nn3)c(O)c2)cn1. The number of piperazine rings is 3. The molecule has 0 saturated carbocycles. The standard InChI is InChI=1S/C24H30N6O2.C22H26N6O.C17H22BrN5O2/c1-16-5-6-19(11-25-16)9-20-10-22(32-15-31-4)24(26-12-20)21-7-8-23(29-28-21)30-13-17(2)27-18(3)14-30;1-14-4-5-17(10-23-14)8-18-9-20(29)22(24-11-18)19-6-7-21(27-26-19)28-12-15(2)25-16(3)13-28;1-11-8-23(9-12(2)20-11)16-5-4-14(21-22-16)17-15(25-10-24-3)6-13(18)7-19-17/h5-8,10-12,17-18,27H,9,13-15H2,1-4H3;4-7,9-11,15-16,25,29H,8,12-13H2,1-3H3;4-7,11-12,20H,8-10H2,1-3H3/t17-,18+;15-,16+;11-,12+. The van der Waals surface area contributed by atoms with Gasteiger partial charge in [0.1, 0.15) is 39.9 Å². The highest BCUT2D eigenvalue weighted by Gasteiger charge is 2.26. The zero-order valence-corrected chi connectivity index (χ0v) is 52.2. The number of pyridine rings is 5. The molecule has 3 aliphatic heterocycles. The minimum absolute atomic E-state index is 0.106. The van der Waals surface area contributed by atoms with E-state index in [1.807, 2.05) is 99.2 Å². The number of aromatic hydroxyl groups is 1. The molecule has 3 aliphatic rings. The maximum absolute atomic E-state index is 10.5. The van der Waals surface area contributed by atoms with E-state index in [9.17, 15) is 5.11 Å². The van der Waals surface area contributed by atoms with Crippen LogP contribution in [0.1, 0.15) is 75.2 Å². The van der Waals surface area contributed by atoms with Gasteiger partial charge in [-0.3, -0.25) is 19.9 Å². The van der Waals surface area contributed by atoms with Gasteiger partial charge in [-0.1, -0.05) is 12.1 Å². The number of ether oxygens (including phenoxy) is 4. The number of nitrogens with one attached hydrogen (secondary N) is 3. The van der Waals surface area contributed by atoms with Crippen LogP contribution in [0.4, 0.5) is 17.5 Å². The summed E-state index contributed by atoms with van der Waals surface area (Å²) in [6.45, 7) is 22.7. The zero-order chi connectivity index (χ0) is 60.7. The molecule has 8 aromatic heterocycles. The van der Waals surface area contributed by atoms with E-state index in [1.54, 1.807) is 32.7 Å². The zero-order valence-electron chi connectivity index (χ0n) is 50.6. The van der Waals surface area contributed by atoms with Gasteiger partial charge in [-0.15, -0.1) is 30.6 Å². The number of hydrogen-bond acceptors (Lipinski definition) is 22. The van der Waals surface area contributed by atoms with Crippen LogP contribution in [0, 0.1) is 13.8 Å². The van der Waals surface area contributed by atoms with Crippen molar-refractivity contribution < 1.29 is 24.1 Å². The second-order valence-electron chi connectivity index (χ2n) is 22.4. The lowest BCUT2D eigenvalue weighted by molar-refractivity contribution is 0.0511. The van der Waals surface area contributed by atoms with E-state index in [2.05, 4.69) is 150 Å². The van der Waals surface area contributed by atoms with Gasteiger partial charge in [-0.25, -0.2) is 4.98 Å². The van der Waals surface area contributed by atoms with Crippen LogP contribution in [0.3, 0.4) is 0 Å². The van der Waals surface area contributed by atoms with Crippen LogP contribution in [0.15, 0.2) is 114 Å². The number of rotatable bonds is 16. The van der Waals surface area contributed by atoms with Crippen molar-refractivity contribution in [3.63, 3.8) is 0 Å². The van der Waals surface area contributed by atoms with Gasteiger partial charge in [-0.2, -0.15) is 0 Å². The molecule has 0 unspecified atom stereocenters. The van der Waals surface area contributed by atoms with Gasteiger partial charge < -0.3 is 54.7 Å². The Morgan fingerprint density at radius 2 is 0.802 bits per heavy atom. The van der Waals surface area contributed by atoms with Crippen molar-refractivity contribution in [2.24, 2.45) is 0 Å². The Labute approximate surface area is 512 Å². The van der Waals surface area contributed by atoms with Gasteiger partial charge in [0, 0.05) is 149 Å². The molecule has 0 aliphatic carbocycles. The summed E-state index contributed by atoms with van der Waals surface area (Å²) in [4.78, 5) is 28.9. The molecule has 22 nitrogen and oxygen atoms in total. The largest absolute Gasteiger partial charge is 0.506 e. The fourth-order valence-corrected chi connectivity index (χ4v) is 11.0. The van der Waals surface area contributed by atoms with Crippen LogP contribution in [0.25, 0.3) is 34.2 Å². The first kappa shape index (κ1) is 62.6. The molecule has 4 N–H and O–H groups in total. The van der Waals surface area contributed by atoms with Gasteiger partial charge >= 0.3 is 0 Å². The predicted octanol–water partition coefficient (Wildman–Crippen LogP) is 8.20. The third-order valence-corrected chi connectivity index (χ3v) is 14.8. The van der Waals surface area contributed by atoms with Crippen molar-refractivity contribution in [2.75, 3.05) is 81.8 Å². The van der Waals surface area contributed by atoms with Crippen molar-refractivity contribution in [3.05, 3.63) is 148 Å². The first-order valence-electron chi connectivity index (χ1n) is 29.0. The van der Waals surface area contributed by atoms with Crippen LogP contribution in [0.5, 0.6) is 17.2 Å². The highest BCUT2D eigenvalue weighted by Crippen LogP contribution is 2.32. The van der Waals surface area contributed by atoms with E-state index >= 15 is 0 Å². The Morgan fingerprint density at radius 1 is 0.442 bits per heavy atom. The molecular weight excluding hydrogens is 1150 g/mol. The third kappa shape index (κ3) is 17.4. The number of anilines is 3. The number of nitrogens with zero attached hydrogens (tertiary/aromatic N) is 14. The molecule has 0 spiro atoms. The van der Waals surface area contributed by atoms with Gasteiger partial charge in [0.2, 0.25) is 0 Å². The van der Waals surface area contributed by atoms with Gasteiger partial charge in [0.15, 0.2) is 42.5 Å². The number of hydrogen-bond donors (Lipinski definition) is 4. The number of methoxy groups -OCH3 is 2. The summed E-state index contributed by atoms with van der Waals surface area (Å²) in [6.07, 6.45) is 10.5. The van der Waals surface area contributed by atoms with E-state index in [1.165, 1.54) is 0 Å². The normalized spacial score (nSPS) is 19.4. The second kappa shape index (κ2) is 29.9. The Bertz CT molecular complexity index is 3400. The topological polar surface area (TPSA) is 245 Å². The molecule has 11 heterocycles. The summed E-state index contributed by atoms with van der Waals surface area (Å²) in [6, 6.07) is 27.8. The molecule has 0 radical (unpaired) electrons.